The van der Waals surface area contributed by atoms with Gasteiger partial charge in [0.25, 0.3) is 0 Å². The Bertz CT molecular complexity index is 372. The van der Waals surface area contributed by atoms with Gasteiger partial charge in [0.05, 0.1) is 0 Å². The lowest BCUT2D eigenvalue weighted by Crippen LogP contribution is -2.17. The SMILES string of the molecule is Fc1cc(Cl)ccc1CC(CCl)C1CCCC1. The maximum absolute atomic E-state index is 13.7. The van der Waals surface area contributed by atoms with Crippen molar-refractivity contribution in [3.8, 4) is 0 Å². The first-order valence-corrected chi connectivity index (χ1v) is 7.12. The number of hydrogen-bond acceptors (Lipinski definition) is 0. The average molecular weight is 275 g/mol. The van der Waals surface area contributed by atoms with Crippen LogP contribution >= 0.6 is 23.2 Å². The van der Waals surface area contributed by atoms with Gasteiger partial charge in [-0.2, -0.15) is 0 Å². The van der Waals surface area contributed by atoms with Gasteiger partial charge in [0.1, 0.15) is 5.82 Å². The number of rotatable bonds is 4. The standard InChI is InChI=1S/C14H17Cl2F/c15-9-12(10-3-1-2-4-10)7-11-5-6-13(16)8-14(11)17/h5-6,8,10,12H,1-4,7,9H2. The third-order valence-corrected chi connectivity index (χ3v) is 4.39. The number of hydrogen-bond donors (Lipinski definition) is 0. The summed E-state index contributed by atoms with van der Waals surface area (Å²) in [5.74, 6) is 1.48. The highest BCUT2D eigenvalue weighted by atomic mass is 35.5. The molecule has 1 aliphatic carbocycles. The summed E-state index contributed by atoms with van der Waals surface area (Å²) in [4.78, 5) is 0. The molecule has 0 saturated heterocycles. The van der Waals surface area contributed by atoms with Gasteiger partial charge in [0, 0.05) is 10.9 Å². The van der Waals surface area contributed by atoms with E-state index in [1.54, 1.807) is 12.1 Å². The summed E-state index contributed by atoms with van der Waals surface area (Å²) in [6.07, 6.45) is 5.80. The molecule has 3 heteroatoms. The Morgan fingerprint density at radius 3 is 2.59 bits per heavy atom. The van der Waals surface area contributed by atoms with E-state index in [0.717, 1.165) is 12.0 Å². The Morgan fingerprint density at radius 2 is 2.00 bits per heavy atom. The molecular weight excluding hydrogens is 258 g/mol. The van der Waals surface area contributed by atoms with Crippen LogP contribution in [0.25, 0.3) is 0 Å². The van der Waals surface area contributed by atoms with E-state index in [9.17, 15) is 4.39 Å². The predicted octanol–water partition coefficient (Wildman–Crippen LogP) is 5.07. The molecule has 0 nitrogen and oxygen atoms in total. The molecule has 0 aliphatic heterocycles. The summed E-state index contributed by atoms with van der Waals surface area (Å²) in [6, 6.07) is 4.92. The van der Waals surface area contributed by atoms with E-state index in [4.69, 9.17) is 23.2 Å². The topological polar surface area (TPSA) is 0 Å². The van der Waals surface area contributed by atoms with Gasteiger partial charge in [0.2, 0.25) is 0 Å². The van der Waals surface area contributed by atoms with Crippen molar-refractivity contribution in [1.29, 1.82) is 0 Å². The molecule has 94 valence electrons. The second kappa shape index (κ2) is 6.06. The highest BCUT2D eigenvalue weighted by Gasteiger charge is 2.25. The van der Waals surface area contributed by atoms with E-state index in [2.05, 4.69) is 0 Å². The predicted molar refractivity (Wildman–Crippen MR) is 71.3 cm³/mol. The minimum atomic E-state index is -0.203. The van der Waals surface area contributed by atoms with Crippen LogP contribution in [0.2, 0.25) is 5.02 Å². The van der Waals surface area contributed by atoms with Gasteiger partial charge in [0.15, 0.2) is 0 Å². The fourth-order valence-electron chi connectivity index (χ4n) is 2.75. The second-order valence-electron chi connectivity index (χ2n) is 4.90. The van der Waals surface area contributed by atoms with E-state index in [0.29, 0.717) is 22.7 Å². The van der Waals surface area contributed by atoms with Crippen LogP contribution in [0.1, 0.15) is 31.2 Å². The Balaban J connectivity index is 2.06. The van der Waals surface area contributed by atoms with Crippen LogP contribution < -0.4 is 0 Å². The van der Waals surface area contributed by atoms with E-state index >= 15 is 0 Å². The smallest absolute Gasteiger partial charge is 0.127 e. The van der Waals surface area contributed by atoms with Crippen molar-refractivity contribution >= 4 is 23.2 Å². The number of benzene rings is 1. The molecule has 2 rings (SSSR count). The van der Waals surface area contributed by atoms with Crippen molar-refractivity contribution in [2.45, 2.75) is 32.1 Å². The Labute approximate surface area is 112 Å². The third kappa shape index (κ3) is 3.35. The highest BCUT2D eigenvalue weighted by molar-refractivity contribution is 6.30. The van der Waals surface area contributed by atoms with Crippen molar-refractivity contribution in [3.05, 3.63) is 34.6 Å². The Morgan fingerprint density at radius 1 is 1.29 bits per heavy atom. The van der Waals surface area contributed by atoms with Crippen molar-refractivity contribution < 1.29 is 4.39 Å². The first-order valence-electron chi connectivity index (χ1n) is 6.20. The highest BCUT2D eigenvalue weighted by Crippen LogP contribution is 2.34. The molecule has 0 radical (unpaired) electrons. The minimum absolute atomic E-state index is 0.203. The van der Waals surface area contributed by atoms with Gasteiger partial charge in [-0.05, 0) is 36.0 Å². The lowest BCUT2D eigenvalue weighted by atomic mass is 9.87. The molecule has 0 bridgehead atoms. The molecule has 0 amide bonds. The zero-order valence-electron chi connectivity index (χ0n) is 9.76. The Kier molecular flexibility index (Phi) is 4.69. The van der Waals surface area contributed by atoms with Gasteiger partial charge < -0.3 is 0 Å². The zero-order valence-corrected chi connectivity index (χ0v) is 11.3. The van der Waals surface area contributed by atoms with Crippen LogP contribution in [0.15, 0.2) is 18.2 Å². The summed E-state index contributed by atoms with van der Waals surface area (Å²) >= 11 is 11.8. The summed E-state index contributed by atoms with van der Waals surface area (Å²) in [5, 5.41) is 0.453. The molecule has 1 saturated carbocycles. The lowest BCUT2D eigenvalue weighted by Gasteiger charge is -2.21. The summed E-state index contributed by atoms with van der Waals surface area (Å²) in [5.41, 5.74) is 0.743. The van der Waals surface area contributed by atoms with E-state index < -0.39 is 0 Å². The van der Waals surface area contributed by atoms with Crippen LogP contribution in [-0.2, 0) is 6.42 Å². The zero-order chi connectivity index (χ0) is 12.3. The molecule has 0 heterocycles. The maximum atomic E-state index is 13.7. The van der Waals surface area contributed by atoms with E-state index in [1.807, 2.05) is 0 Å². The quantitative estimate of drug-likeness (QED) is 0.673. The van der Waals surface area contributed by atoms with Crippen molar-refractivity contribution in [2.24, 2.45) is 11.8 Å². The van der Waals surface area contributed by atoms with Crippen LogP contribution in [0.3, 0.4) is 0 Å². The molecule has 1 aromatic carbocycles. The molecule has 1 atom stereocenters. The fourth-order valence-corrected chi connectivity index (χ4v) is 3.27. The van der Waals surface area contributed by atoms with Crippen LogP contribution in [-0.4, -0.2) is 5.88 Å². The van der Waals surface area contributed by atoms with Crippen molar-refractivity contribution in [2.75, 3.05) is 5.88 Å². The average Bonchev–Trinajstić information content (AvgIpc) is 2.81. The fraction of sp³-hybridized carbons (Fsp3) is 0.571. The molecule has 1 fully saturated rings. The van der Waals surface area contributed by atoms with Gasteiger partial charge in [-0.1, -0.05) is 43.4 Å². The van der Waals surface area contributed by atoms with E-state index in [1.165, 1.54) is 31.7 Å². The molecule has 0 N–H and O–H groups in total. The molecule has 17 heavy (non-hydrogen) atoms. The van der Waals surface area contributed by atoms with Crippen LogP contribution in [0, 0.1) is 17.7 Å². The second-order valence-corrected chi connectivity index (χ2v) is 5.64. The molecule has 1 aromatic rings. The molecule has 0 aromatic heterocycles. The first-order chi connectivity index (χ1) is 8.20. The normalized spacial score (nSPS) is 18.5. The maximum Gasteiger partial charge on any atom is 0.127 e. The van der Waals surface area contributed by atoms with Gasteiger partial charge >= 0.3 is 0 Å². The summed E-state index contributed by atoms with van der Waals surface area (Å²) < 4.78 is 13.7. The van der Waals surface area contributed by atoms with Crippen molar-refractivity contribution in [3.63, 3.8) is 0 Å². The molecule has 1 unspecified atom stereocenters. The van der Waals surface area contributed by atoms with E-state index in [-0.39, 0.29) is 5.82 Å². The van der Waals surface area contributed by atoms with Crippen molar-refractivity contribution in [1.82, 2.24) is 0 Å². The third-order valence-electron chi connectivity index (χ3n) is 3.76. The van der Waals surface area contributed by atoms with Crippen LogP contribution in [0.5, 0.6) is 0 Å². The monoisotopic (exact) mass is 274 g/mol. The Hall–Kier alpha value is -0.270. The van der Waals surface area contributed by atoms with Gasteiger partial charge in [-0.15, -0.1) is 11.6 Å². The van der Waals surface area contributed by atoms with Gasteiger partial charge in [-0.3, -0.25) is 0 Å². The van der Waals surface area contributed by atoms with Crippen LogP contribution in [0.4, 0.5) is 4.39 Å². The number of alkyl halides is 1. The molecule has 1 aliphatic rings. The lowest BCUT2D eigenvalue weighted by molar-refractivity contribution is 0.365. The first kappa shape index (κ1) is 13.2. The summed E-state index contributed by atoms with van der Waals surface area (Å²) in [7, 11) is 0. The number of halogens is 3. The largest absolute Gasteiger partial charge is 0.207 e. The van der Waals surface area contributed by atoms with Gasteiger partial charge in [-0.25, -0.2) is 4.39 Å². The summed E-state index contributed by atoms with van der Waals surface area (Å²) in [6.45, 7) is 0. The molecule has 0 spiro atoms. The minimum Gasteiger partial charge on any atom is -0.207 e. The molecular formula is C14H17Cl2F.